The van der Waals surface area contributed by atoms with Gasteiger partial charge in [0.05, 0.1) is 0 Å². The average molecular weight is 370 g/mol. The predicted molar refractivity (Wildman–Crippen MR) is 98.7 cm³/mol. The summed E-state index contributed by atoms with van der Waals surface area (Å²) < 4.78 is 11.0. The van der Waals surface area contributed by atoms with E-state index in [9.17, 15) is 14.4 Å². The first-order valence-electron chi connectivity index (χ1n) is 9.87. The second-order valence-corrected chi connectivity index (χ2v) is 8.47. The Morgan fingerprint density at radius 3 is 2.37 bits per heavy atom. The Kier molecular flexibility index (Phi) is 4.36. The van der Waals surface area contributed by atoms with E-state index in [4.69, 9.17) is 9.47 Å². The van der Waals surface area contributed by atoms with Gasteiger partial charge in [-0.1, -0.05) is 6.92 Å². The number of Topliss-reactive ketones (excluding diaryl/α,β-unsaturated/α-hetero) is 1. The first kappa shape index (κ1) is 18.2. The summed E-state index contributed by atoms with van der Waals surface area (Å²) in [5.74, 6) is 1.89. The van der Waals surface area contributed by atoms with E-state index in [1.54, 1.807) is 12.1 Å². The molecule has 0 aliphatic heterocycles. The lowest BCUT2D eigenvalue weighted by molar-refractivity contribution is -0.133. The van der Waals surface area contributed by atoms with Gasteiger partial charge in [0.15, 0.2) is 0 Å². The van der Waals surface area contributed by atoms with Crippen molar-refractivity contribution in [2.75, 3.05) is 0 Å². The van der Waals surface area contributed by atoms with Crippen LogP contribution < -0.4 is 9.47 Å². The molecule has 0 bridgehead atoms. The van der Waals surface area contributed by atoms with Crippen molar-refractivity contribution < 1.29 is 23.9 Å². The maximum absolute atomic E-state index is 12.5. The zero-order valence-electron chi connectivity index (χ0n) is 16.2. The van der Waals surface area contributed by atoms with Crippen molar-refractivity contribution in [1.82, 2.24) is 0 Å². The molecule has 0 amide bonds. The second-order valence-electron chi connectivity index (χ2n) is 8.47. The van der Waals surface area contributed by atoms with E-state index in [1.807, 2.05) is 0 Å². The van der Waals surface area contributed by atoms with Gasteiger partial charge in [0.2, 0.25) is 0 Å². The molecule has 5 nitrogen and oxygen atoms in total. The Morgan fingerprint density at radius 1 is 1.00 bits per heavy atom. The standard InChI is InChI=1S/C22H26O5/c1-12(23)26-18-7-8-19(27-13(2)24)21-15-10-11-22(3)17(6-9-20(22)25)14(15)4-5-16(18)21/h7-8,14-15,17H,4-6,9-11H2,1-3H3/t14-,15+,17+,22+/m1/s1. The average Bonchev–Trinajstić information content (AvgIpc) is 2.91. The number of hydrogen-bond acceptors (Lipinski definition) is 5. The minimum absolute atomic E-state index is 0.201. The number of fused-ring (bicyclic) bond motifs is 5. The zero-order valence-corrected chi connectivity index (χ0v) is 16.2. The Hall–Kier alpha value is -2.17. The van der Waals surface area contributed by atoms with Gasteiger partial charge in [-0.3, -0.25) is 14.4 Å². The molecule has 1 aromatic rings. The highest BCUT2D eigenvalue weighted by molar-refractivity contribution is 5.87. The van der Waals surface area contributed by atoms with Crippen LogP contribution in [0.3, 0.4) is 0 Å². The first-order chi connectivity index (χ1) is 12.8. The number of benzene rings is 1. The lowest BCUT2D eigenvalue weighted by Crippen LogP contribution is -2.42. The van der Waals surface area contributed by atoms with Crippen molar-refractivity contribution >= 4 is 17.7 Å². The fourth-order valence-corrected chi connectivity index (χ4v) is 5.91. The number of ketones is 1. The third kappa shape index (κ3) is 2.88. The Balaban J connectivity index is 1.78. The third-order valence-corrected chi connectivity index (χ3v) is 7.03. The van der Waals surface area contributed by atoms with Gasteiger partial charge in [0, 0.05) is 36.8 Å². The molecule has 0 saturated heterocycles. The molecular formula is C22H26O5. The van der Waals surface area contributed by atoms with E-state index in [0.29, 0.717) is 35.5 Å². The molecule has 0 unspecified atom stereocenters. The van der Waals surface area contributed by atoms with Crippen LogP contribution in [-0.2, 0) is 20.8 Å². The summed E-state index contributed by atoms with van der Waals surface area (Å²) in [6.07, 6.45) is 5.15. The summed E-state index contributed by atoms with van der Waals surface area (Å²) in [5, 5.41) is 0. The highest BCUT2D eigenvalue weighted by Gasteiger charge is 2.55. The van der Waals surface area contributed by atoms with E-state index >= 15 is 0 Å². The minimum atomic E-state index is -0.351. The zero-order chi connectivity index (χ0) is 19.3. The summed E-state index contributed by atoms with van der Waals surface area (Å²) in [6, 6.07) is 3.47. The SMILES string of the molecule is CC(=O)Oc1ccc(OC(C)=O)c2c1CC[C@@H]1[C@@H]2CC[C@]2(C)C(=O)CC[C@@H]12. The maximum atomic E-state index is 12.5. The molecule has 1 aromatic carbocycles. The normalized spacial score (nSPS) is 31.5. The molecule has 2 saturated carbocycles. The summed E-state index contributed by atoms with van der Waals surface area (Å²) in [5.41, 5.74) is 1.80. The molecule has 0 aromatic heterocycles. The van der Waals surface area contributed by atoms with E-state index in [-0.39, 0.29) is 23.3 Å². The number of esters is 2. The molecule has 0 radical (unpaired) electrons. The third-order valence-electron chi connectivity index (χ3n) is 7.03. The van der Waals surface area contributed by atoms with E-state index in [0.717, 1.165) is 43.2 Å². The lowest BCUT2D eigenvalue weighted by atomic mass is 9.55. The van der Waals surface area contributed by atoms with Crippen molar-refractivity contribution in [2.45, 2.75) is 65.2 Å². The lowest BCUT2D eigenvalue weighted by Gasteiger charge is -2.48. The first-order valence-corrected chi connectivity index (χ1v) is 9.87. The minimum Gasteiger partial charge on any atom is -0.426 e. The molecule has 0 N–H and O–H groups in total. The van der Waals surface area contributed by atoms with Gasteiger partial charge >= 0.3 is 11.9 Å². The fraction of sp³-hybridized carbons (Fsp3) is 0.591. The number of rotatable bonds is 2. The smallest absolute Gasteiger partial charge is 0.308 e. The van der Waals surface area contributed by atoms with Crippen LogP contribution in [0, 0.1) is 17.3 Å². The van der Waals surface area contributed by atoms with Gasteiger partial charge in [0.25, 0.3) is 0 Å². The molecule has 0 heterocycles. The highest BCUT2D eigenvalue weighted by Crippen LogP contribution is 2.61. The van der Waals surface area contributed by atoms with Gasteiger partial charge < -0.3 is 9.47 Å². The van der Waals surface area contributed by atoms with Crippen LogP contribution in [-0.4, -0.2) is 17.7 Å². The Bertz CT molecular complexity index is 826. The molecular weight excluding hydrogens is 344 g/mol. The van der Waals surface area contributed by atoms with Crippen LogP contribution in [0.2, 0.25) is 0 Å². The van der Waals surface area contributed by atoms with Gasteiger partial charge in [0.1, 0.15) is 17.3 Å². The summed E-state index contributed by atoms with van der Waals surface area (Å²) in [6.45, 7) is 4.94. The molecule has 4 rings (SSSR count). The van der Waals surface area contributed by atoms with E-state index in [2.05, 4.69) is 6.92 Å². The summed E-state index contributed by atoms with van der Waals surface area (Å²) in [4.78, 5) is 35.7. The van der Waals surface area contributed by atoms with Crippen LogP contribution in [0.15, 0.2) is 12.1 Å². The molecule has 4 atom stereocenters. The predicted octanol–water partition coefficient (Wildman–Crippen LogP) is 3.96. The number of carbonyl (C=O) groups is 3. The topological polar surface area (TPSA) is 69.7 Å². The molecule has 144 valence electrons. The molecule has 3 aliphatic carbocycles. The van der Waals surface area contributed by atoms with E-state index in [1.165, 1.54) is 13.8 Å². The van der Waals surface area contributed by atoms with Crippen LogP contribution in [0.4, 0.5) is 0 Å². The maximum Gasteiger partial charge on any atom is 0.308 e. The van der Waals surface area contributed by atoms with Crippen LogP contribution in [0.5, 0.6) is 11.5 Å². The quantitative estimate of drug-likeness (QED) is 0.582. The monoisotopic (exact) mass is 370 g/mol. The molecule has 27 heavy (non-hydrogen) atoms. The Labute approximate surface area is 159 Å². The van der Waals surface area contributed by atoms with Crippen LogP contribution in [0.1, 0.15) is 69.9 Å². The van der Waals surface area contributed by atoms with Crippen LogP contribution in [0.25, 0.3) is 0 Å². The highest BCUT2D eigenvalue weighted by atomic mass is 16.5. The summed E-state index contributed by atoms with van der Waals surface area (Å²) >= 11 is 0. The van der Waals surface area contributed by atoms with Gasteiger partial charge in [-0.25, -0.2) is 0 Å². The summed E-state index contributed by atoms with van der Waals surface area (Å²) in [7, 11) is 0. The van der Waals surface area contributed by atoms with Crippen LogP contribution >= 0.6 is 0 Å². The van der Waals surface area contributed by atoms with Gasteiger partial charge in [-0.05, 0) is 62.0 Å². The van der Waals surface area contributed by atoms with Gasteiger partial charge in [-0.2, -0.15) is 0 Å². The molecule has 3 aliphatic rings. The number of hydrogen-bond donors (Lipinski definition) is 0. The van der Waals surface area contributed by atoms with Crippen molar-refractivity contribution in [3.05, 3.63) is 23.3 Å². The van der Waals surface area contributed by atoms with Crippen molar-refractivity contribution in [1.29, 1.82) is 0 Å². The van der Waals surface area contributed by atoms with Crippen molar-refractivity contribution in [3.8, 4) is 11.5 Å². The molecule has 2 fully saturated rings. The van der Waals surface area contributed by atoms with E-state index < -0.39 is 0 Å². The largest absolute Gasteiger partial charge is 0.426 e. The molecule has 0 spiro atoms. The molecule has 5 heteroatoms. The Morgan fingerprint density at radius 2 is 1.67 bits per heavy atom. The second kappa shape index (κ2) is 6.47. The number of carbonyl (C=O) groups excluding carboxylic acids is 3. The van der Waals surface area contributed by atoms with Gasteiger partial charge in [-0.15, -0.1) is 0 Å². The fourth-order valence-electron chi connectivity index (χ4n) is 5.91. The van der Waals surface area contributed by atoms with Crippen molar-refractivity contribution in [2.24, 2.45) is 17.3 Å². The van der Waals surface area contributed by atoms with Crippen molar-refractivity contribution in [3.63, 3.8) is 0 Å². The number of ether oxygens (including phenoxy) is 2.